The van der Waals surface area contributed by atoms with Gasteiger partial charge < -0.3 is 28.4 Å². The molecule has 5 atom stereocenters. The second-order valence-corrected chi connectivity index (χ2v) is 8.42. The van der Waals surface area contributed by atoms with Crippen molar-refractivity contribution in [3.8, 4) is 5.75 Å². The van der Waals surface area contributed by atoms with Crippen LogP contribution in [0.4, 0.5) is 43.8 Å². The molecule has 0 aromatic heterocycles. The summed E-state index contributed by atoms with van der Waals surface area (Å²) in [6.07, 6.45) is -15.2. The molecule has 1 heterocycles. The van der Waals surface area contributed by atoms with Crippen molar-refractivity contribution in [3.63, 3.8) is 0 Å². The van der Waals surface area contributed by atoms with E-state index in [9.17, 15) is 26.7 Å². The molecule has 0 spiro atoms. The first-order chi connectivity index (χ1) is 18.9. The number of carbonyl (C=O) groups excluding carboxylic acids is 1. The van der Waals surface area contributed by atoms with Crippen molar-refractivity contribution >= 4 is 23.2 Å². The number of carbonyl (C=O) groups is 1. The molecule has 2 aromatic rings. The number of rotatable bonds is 10. The number of hydrogen-bond acceptors (Lipinski definition) is 9. The smallest absolute Gasteiger partial charge is 0.426 e. The summed E-state index contributed by atoms with van der Waals surface area (Å²) in [5.41, 5.74) is 0.894. The number of amides is 1. The second kappa shape index (κ2) is 13.3. The average Bonchev–Trinajstić information content (AvgIpc) is 2.88. The van der Waals surface area contributed by atoms with Gasteiger partial charge in [0.05, 0.1) is 17.5 Å². The molecular formula is C25H28F5N3O7. The average molecular weight is 578 g/mol. The van der Waals surface area contributed by atoms with E-state index < -0.39 is 54.8 Å². The van der Waals surface area contributed by atoms with Crippen molar-refractivity contribution in [1.29, 1.82) is 0 Å². The van der Waals surface area contributed by atoms with Crippen LogP contribution >= 0.6 is 0 Å². The van der Waals surface area contributed by atoms with Crippen molar-refractivity contribution < 1.29 is 55.2 Å². The second-order valence-electron chi connectivity index (χ2n) is 8.42. The number of alkyl halides is 5. The number of halogens is 5. The molecule has 40 heavy (non-hydrogen) atoms. The Kier molecular flexibility index (Phi) is 10.4. The Morgan fingerprint density at radius 2 is 1.45 bits per heavy atom. The molecule has 15 heteroatoms. The maximum absolute atomic E-state index is 13.0. The number of benzene rings is 2. The van der Waals surface area contributed by atoms with Gasteiger partial charge >= 0.3 is 18.4 Å². The van der Waals surface area contributed by atoms with Gasteiger partial charge in [0.25, 0.3) is 0 Å². The highest BCUT2D eigenvalue weighted by molar-refractivity contribution is 5.84. The third-order valence-corrected chi connectivity index (χ3v) is 5.66. The van der Waals surface area contributed by atoms with E-state index in [0.29, 0.717) is 18.0 Å². The van der Waals surface area contributed by atoms with Gasteiger partial charge in [-0.15, -0.1) is 0 Å². The topological polar surface area (TPSA) is 109 Å². The van der Waals surface area contributed by atoms with E-state index >= 15 is 0 Å². The third kappa shape index (κ3) is 7.84. The highest BCUT2D eigenvalue weighted by atomic mass is 19.4. The maximum atomic E-state index is 13.0. The summed E-state index contributed by atoms with van der Waals surface area (Å²) in [4.78, 5) is 12.5. The molecule has 0 saturated carbocycles. The summed E-state index contributed by atoms with van der Waals surface area (Å²) in [6, 6.07) is 10.2. The van der Waals surface area contributed by atoms with Crippen LogP contribution in [0.15, 0.2) is 58.8 Å². The Balaban J connectivity index is 1.57. The predicted molar refractivity (Wildman–Crippen MR) is 130 cm³/mol. The van der Waals surface area contributed by atoms with Crippen molar-refractivity contribution in [2.24, 2.45) is 10.2 Å². The van der Waals surface area contributed by atoms with Crippen LogP contribution in [0.25, 0.3) is 0 Å². The molecule has 2 aromatic carbocycles. The molecule has 0 unspecified atom stereocenters. The lowest BCUT2D eigenvalue weighted by atomic mass is 9.99. The quantitative estimate of drug-likeness (QED) is 0.258. The van der Waals surface area contributed by atoms with E-state index in [4.69, 9.17) is 23.7 Å². The molecular weight excluding hydrogens is 549 g/mol. The van der Waals surface area contributed by atoms with Gasteiger partial charge in [0.2, 0.25) is 6.29 Å². The Morgan fingerprint density at radius 1 is 0.900 bits per heavy atom. The van der Waals surface area contributed by atoms with Crippen LogP contribution in [0.5, 0.6) is 5.75 Å². The molecule has 220 valence electrons. The summed E-state index contributed by atoms with van der Waals surface area (Å²) in [6.45, 7) is 3.98. The largest absolute Gasteiger partial charge is 0.499 e. The number of anilines is 1. The van der Waals surface area contributed by atoms with Crippen molar-refractivity contribution in [3.05, 3.63) is 48.5 Å². The molecule has 1 aliphatic heterocycles. The Bertz CT molecular complexity index is 1130. The van der Waals surface area contributed by atoms with E-state index in [1.54, 1.807) is 6.92 Å². The molecule has 1 fully saturated rings. The molecule has 0 aliphatic carbocycles. The number of ether oxygens (including phenoxy) is 6. The fourth-order valence-electron chi connectivity index (χ4n) is 3.79. The molecule has 1 amide bonds. The first-order valence-electron chi connectivity index (χ1n) is 11.9. The minimum Gasteiger partial charge on any atom is -0.426 e. The summed E-state index contributed by atoms with van der Waals surface area (Å²) >= 11 is 0. The van der Waals surface area contributed by atoms with E-state index in [1.165, 1.54) is 38.5 Å². The Morgan fingerprint density at radius 3 is 1.95 bits per heavy atom. The SMILES string of the molecule is CCO[C@@H]1[C@@H](OC)[C@H](C)O[C@@H](OC(=O)Nc2ccc(N=Nc3ccc(OC(F)(F)C(F)(F)F)cc3)cc2)[C@@H]1OC. The predicted octanol–water partition coefficient (Wildman–Crippen LogP) is 6.36. The highest BCUT2D eigenvalue weighted by Gasteiger charge is 2.61. The molecule has 0 radical (unpaired) electrons. The molecule has 0 bridgehead atoms. The van der Waals surface area contributed by atoms with Crippen LogP contribution in [0.3, 0.4) is 0 Å². The minimum atomic E-state index is -5.85. The van der Waals surface area contributed by atoms with Crippen LogP contribution in [-0.4, -0.2) is 69.9 Å². The summed E-state index contributed by atoms with van der Waals surface area (Å²) in [7, 11) is 2.97. The zero-order valence-corrected chi connectivity index (χ0v) is 21.9. The number of nitrogens with zero attached hydrogens (tertiary/aromatic N) is 2. The normalized spacial score (nSPS) is 23.7. The van der Waals surface area contributed by atoms with Crippen molar-refractivity contribution in [2.75, 3.05) is 26.1 Å². The van der Waals surface area contributed by atoms with Gasteiger partial charge in [-0.25, -0.2) is 4.79 Å². The van der Waals surface area contributed by atoms with Gasteiger partial charge in [-0.1, -0.05) is 0 Å². The van der Waals surface area contributed by atoms with Gasteiger partial charge in [-0.2, -0.15) is 32.2 Å². The van der Waals surface area contributed by atoms with Gasteiger partial charge in [-0.3, -0.25) is 5.32 Å². The molecule has 1 saturated heterocycles. The van der Waals surface area contributed by atoms with Crippen LogP contribution in [0, 0.1) is 0 Å². The standard InChI is InChI=1S/C25H28F5N3O7/c1-5-37-20-19(35-3)14(2)38-22(21(20)36-4)39-23(34)31-15-6-8-16(9-7-15)32-33-17-10-12-18(13-11-17)40-25(29,30)24(26,27)28/h6-14,19-22H,5H2,1-4H3,(H,31,34)/t14-,19-,20+,21+,22-/m0/s1. The summed E-state index contributed by atoms with van der Waals surface area (Å²) in [5, 5.41) is 10.4. The maximum Gasteiger partial charge on any atom is 0.499 e. The van der Waals surface area contributed by atoms with E-state index in [-0.39, 0.29) is 5.69 Å². The van der Waals surface area contributed by atoms with E-state index in [1.807, 2.05) is 6.92 Å². The van der Waals surface area contributed by atoms with E-state index in [0.717, 1.165) is 24.3 Å². The van der Waals surface area contributed by atoms with Crippen LogP contribution < -0.4 is 10.1 Å². The van der Waals surface area contributed by atoms with Crippen LogP contribution in [0.1, 0.15) is 13.8 Å². The minimum absolute atomic E-state index is 0.170. The van der Waals surface area contributed by atoms with Gasteiger partial charge in [0, 0.05) is 26.5 Å². The van der Waals surface area contributed by atoms with Crippen molar-refractivity contribution in [1.82, 2.24) is 0 Å². The molecule has 1 N–H and O–H groups in total. The number of azo groups is 1. The zero-order valence-electron chi connectivity index (χ0n) is 21.9. The number of hydrogen-bond donors (Lipinski definition) is 1. The first-order valence-corrected chi connectivity index (χ1v) is 11.9. The van der Waals surface area contributed by atoms with Gasteiger partial charge in [0.15, 0.2) is 0 Å². The Hall–Kier alpha value is -3.40. The van der Waals surface area contributed by atoms with E-state index in [2.05, 4.69) is 20.3 Å². The first kappa shape index (κ1) is 31.1. The van der Waals surface area contributed by atoms with Crippen LogP contribution in [0.2, 0.25) is 0 Å². The van der Waals surface area contributed by atoms with Gasteiger partial charge in [0.1, 0.15) is 24.1 Å². The summed E-state index contributed by atoms with van der Waals surface area (Å²) in [5.74, 6) is -0.694. The molecule has 10 nitrogen and oxygen atoms in total. The lowest BCUT2D eigenvalue weighted by Crippen LogP contribution is -2.60. The highest BCUT2D eigenvalue weighted by Crippen LogP contribution is 2.37. The fraction of sp³-hybridized carbons (Fsp3) is 0.480. The third-order valence-electron chi connectivity index (χ3n) is 5.66. The molecule has 3 rings (SSSR count). The lowest BCUT2D eigenvalue weighted by molar-refractivity contribution is -0.360. The monoisotopic (exact) mass is 577 g/mol. The molecule has 1 aliphatic rings. The van der Waals surface area contributed by atoms with Crippen molar-refractivity contribution in [2.45, 2.75) is 56.8 Å². The fourth-order valence-corrected chi connectivity index (χ4v) is 3.79. The number of nitrogens with one attached hydrogen (secondary N) is 1. The Labute approximate surface area is 226 Å². The zero-order chi connectivity index (χ0) is 29.5. The lowest BCUT2D eigenvalue weighted by Gasteiger charge is -2.43. The number of methoxy groups -OCH3 is 2. The summed E-state index contributed by atoms with van der Waals surface area (Å²) < 4.78 is 94.4. The van der Waals surface area contributed by atoms with Crippen LogP contribution in [-0.2, 0) is 23.7 Å². The van der Waals surface area contributed by atoms with Gasteiger partial charge in [-0.05, 0) is 62.4 Å².